The Morgan fingerprint density at radius 1 is 0.974 bits per heavy atom. The van der Waals surface area contributed by atoms with Gasteiger partial charge in [-0.2, -0.15) is 0 Å². The minimum Gasteiger partial charge on any atom is -0.378 e. The molecule has 0 aliphatic carbocycles. The summed E-state index contributed by atoms with van der Waals surface area (Å²) in [5, 5.41) is 9.43. The van der Waals surface area contributed by atoms with Gasteiger partial charge in [-0.3, -0.25) is 9.59 Å². The van der Waals surface area contributed by atoms with E-state index in [9.17, 15) is 14.4 Å². The Balaban J connectivity index is 0.000000223. The third kappa shape index (κ3) is 7.34. The molecule has 2 heterocycles. The van der Waals surface area contributed by atoms with Crippen LogP contribution in [-0.4, -0.2) is 42.8 Å². The van der Waals surface area contributed by atoms with Crippen molar-refractivity contribution in [2.24, 2.45) is 10.2 Å². The van der Waals surface area contributed by atoms with Crippen molar-refractivity contribution in [3.8, 4) is 0 Å². The Morgan fingerprint density at radius 2 is 1.63 bits per heavy atom. The van der Waals surface area contributed by atoms with E-state index >= 15 is 0 Å². The van der Waals surface area contributed by atoms with Crippen LogP contribution in [0.15, 0.2) is 58.8 Å². The molecule has 1 N–H and O–H groups in total. The molecule has 2 aliphatic heterocycles. The fourth-order valence-electron chi connectivity index (χ4n) is 4.13. The molecule has 0 bridgehead atoms. The predicted octanol–water partition coefficient (Wildman–Crippen LogP) is 4.50. The van der Waals surface area contributed by atoms with Crippen LogP contribution < -0.4 is 9.89 Å². The van der Waals surface area contributed by atoms with Gasteiger partial charge in [0.1, 0.15) is 16.8 Å². The number of amidine groups is 1. The molecule has 9 heteroatoms. The van der Waals surface area contributed by atoms with Crippen LogP contribution in [0.2, 0.25) is 0 Å². The molecule has 202 valence electrons. The van der Waals surface area contributed by atoms with Gasteiger partial charge in [0.05, 0.1) is 5.11 Å². The smallest absolute Gasteiger partial charge is 0.334 e. The van der Waals surface area contributed by atoms with Gasteiger partial charge in [-0.1, -0.05) is 44.4 Å². The third-order valence-corrected chi connectivity index (χ3v) is 6.51. The second-order valence-corrected chi connectivity index (χ2v) is 10.1. The molecule has 2 aliphatic rings. The molecule has 2 aromatic carbocycles. The zero-order chi connectivity index (χ0) is 27.7. The van der Waals surface area contributed by atoms with Gasteiger partial charge in [-0.05, 0) is 55.7 Å². The number of carbonyl (C=O) groups is 3. The summed E-state index contributed by atoms with van der Waals surface area (Å²) in [5.41, 5.74) is 4.23. The van der Waals surface area contributed by atoms with E-state index < -0.39 is 17.8 Å². The van der Waals surface area contributed by atoms with E-state index in [-0.39, 0.29) is 24.7 Å². The lowest BCUT2D eigenvalue weighted by Crippen LogP contribution is -2.65. The highest BCUT2D eigenvalue weighted by molar-refractivity contribution is 6.01. The molecular weight excluding hydrogens is 482 g/mol. The number of carbonyl (C=O) groups excluding carboxylic acids is 3. The molecule has 1 fully saturated rings. The van der Waals surface area contributed by atoms with E-state index in [1.165, 1.54) is 5.56 Å². The maximum absolute atomic E-state index is 11.3. The fraction of sp³-hybridized carbons (Fsp3) is 0.448. The minimum absolute atomic E-state index is 0.141. The number of amides is 2. The van der Waals surface area contributed by atoms with Crippen molar-refractivity contribution in [3.63, 3.8) is 0 Å². The molecule has 4 rings (SSSR count). The summed E-state index contributed by atoms with van der Waals surface area (Å²) in [6.07, 6.45) is 4.42. The van der Waals surface area contributed by atoms with Crippen molar-refractivity contribution in [2.75, 3.05) is 19.0 Å². The van der Waals surface area contributed by atoms with Crippen LogP contribution in [0.25, 0.3) is 0 Å². The van der Waals surface area contributed by atoms with E-state index in [0.29, 0.717) is 5.06 Å². The number of nitrogens with one attached hydrogen (secondary N) is 1. The Labute approximate surface area is 224 Å². The van der Waals surface area contributed by atoms with Crippen LogP contribution in [0, 0.1) is 0 Å². The van der Waals surface area contributed by atoms with E-state index in [1.54, 1.807) is 0 Å². The molecule has 0 spiro atoms. The highest BCUT2D eigenvalue weighted by atomic mass is 16.7. The van der Waals surface area contributed by atoms with E-state index in [1.807, 2.05) is 44.4 Å². The molecule has 1 saturated heterocycles. The second-order valence-electron chi connectivity index (χ2n) is 10.1. The number of imide groups is 1. The van der Waals surface area contributed by atoms with Crippen molar-refractivity contribution in [1.82, 2.24) is 5.06 Å². The summed E-state index contributed by atoms with van der Waals surface area (Å²) in [6, 6.07) is 16.3. The number of anilines is 1. The van der Waals surface area contributed by atoms with Crippen LogP contribution in [0.4, 0.5) is 17.1 Å². The number of unbranched alkanes of at least 4 members (excludes halogenated alkanes) is 3. The minimum atomic E-state index is -0.500. The molecule has 38 heavy (non-hydrogen) atoms. The average Bonchev–Trinajstić information content (AvgIpc) is 3.35. The number of hydrogen-bond donors (Lipinski definition) is 1. The SMILES string of the molecule is CCCCCCC(=O)ON1C(=O)CCC1=O.CN(C)c1ccc(N=NC2=[NH+]c3ccccc3C2(C)C)cc1. The number of azo groups is 1. The fourth-order valence-corrected chi connectivity index (χ4v) is 4.13. The Bertz CT molecular complexity index is 1190. The maximum atomic E-state index is 11.3. The highest BCUT2D eigenvalue weighted by Gasteiger charge is 2.41. The summed E-state index contributed by atoms with van der Waals surface area (Å²) in [5.74, 6) is -0.469. The molecule has 0 saturated carbocycles. The number of para-hydroxylation sites is 1. The highest BCUT2D eigenvalue weighted by Crippen LogP contribution is 2.32. The maximum Gasteiger partial charge on any atom is 0.334 e. The first-order chi connectivity index (χ1) is 18.1. The number of rotatable bonds is 8. The molecule has 0 atom stereocenters. The normalized spacial score (nSPS) is 15.7. The zero-order valence-electron chi connectivity index (χ0n) is 23.0. The van der Waals surface area contributed by atoms with E-state index in [2.05, 4.69) is 59.1 Å². The summed E-state index contributed by atoms with van der Waals surface area (Å²) >= 11 is 0. The van der Waals surface area contributed by atoms with Crippen LogP contribution in [0.3, 0.4) is 0 Å². The summed E-state index contributed by atoms with van der Waals surface area (Å²) in [4.78, 5) is 43.7. The Kier molecular flexibility index (Phi) is 9.87. The molecule has 2 aromatic rings. The summed E-state index contributed by atoms with van der Waals surface area (Å²) in [6.45, 7) is 6.41. The molecule has 2 amide bonds. The first-order valence-electron chi connectivity index (χ1n) is 13.1. The standard InChI is InChI=1S/C18H20N4.C11H17NO4/c1-18(2)15-7-5-6-8-16(15)19-17(18)21-20-13-9-11-14(12-10-13)22(3)4;1-2-3-4-5-6-11(15)16-12-9(13)7-8-10(12)14/h5-12H,1-4H3;2-8H2,1H3/p+1. The lowest BCUT2D eigenvalue weighted by atomic mass is 9.85. The van der Waals surface area contributed by atoms with Crippen molar-refractivity contribution in [1.29, 1.82) is 0 Å². The van der Waals surface area contributed by atoms with Gasteiger partial charge in [0.15, 0.2) is 0 Å². The van der Waals surface area contributed by atoms with Gasteiger partial charge in [-0.25, -0.2) is 9.79 Å². The third-order valence-electron chi connectivity index (χ3n) is 6.51. The average molecular weight is 521 g/mol. The van der Waals surface area contributed by atoms with Crippen LogP contribution >= 0.6 is 0 Å². The molecule has 0 unspecified atom stereocenters. The Hall–Kier alpha value is -3.88. The number of nitrogens with zero attached hydrogens (tertiary/aromatic N) is 4. The lowest BCUT2D eigenvalue weighted by Gasteiger charge is -2.13. The van der Waals surface area contributed by atoms with Crippen LogP contribution in [-0.2, 0) is 24.6 Å². The van der Waals surface area contributed by atoms with E-state index in [4.69, 9.17) is 4.84 Å². The Morgan fingerprint density at radius 3 is 2.24 bits per heavy atom. The van der Waals surface area contributed by atoms with Gasteiger partial charge >= 0.3 is 11.8 Å². The number of hydrogen-bond acceptors (Lipinski definition) is 7. The predicted molar refractivity (Wildman–Crippen MR) is 146 cm³/mol. The molecule has 9 nitrogen and oxygen atoms in total. The summed E-state index contributed by atoms with van der Waals surface area (Å²) < 4.78 is 0. The molecular formula is C29H38N5O4+. The van der Waals surface area contributed by atoms with Gasteiger partial charge < -0.3 is 9.74 Å². The van der Waals surface area contributed by atoms with Crippen LogP contribution in [0.5, 0.6) is 0 Å². The van der Waals surface area contributed by atoms with Gasteiger partial charge in [-0.15, -0.1) is 5.06 Å². The first-order valence-corrected chi connectivity index (χ1v) is 13.1. The topological polar surface area (TPSA) is 106 Å². The lowest BCUT2D eigenvalue weighted by molar-refractivity contribution is -0.352. The van der Waals surface area contributed by atoms with Gasteiger partial charge in [0.2, 0.25) is 0 Å². The van der Waals surface area contributed by atoms with Crippen LogP contribution in [0.1, 0.15) is 71.3 Å². The monoisotopic (exact) mass is 520 g/mol. The zero-order valence-corrected chi connectivity index (χ0v) is 23.0. The second kappa shape index (κ2) is 13.1. The number of fused-ring (bicyclic) bond motifs is 1. The summed E-state index contributed by atoms with van der Waals surface area (Å²) in [7, 11) is 4.04. The van der Waals surface area contributed by atoms with Crippen molar-refractivity contribution < 1.29 is 24.2 Å². The van der Waals surface area contributed by atoms with E-state index in [0.717, 1.165) is 48.6 Å². The van der Waals surface area contributed by atoms with Gasteiger partial charge in [0.25, 0.3) is 11.8 Å². The van der Waals surface area contributed by atoms with Crippen molar-refractivity contribution in [2.45, 2.75) is 71.1 Å². The quantitative estimate of drug-likeness (QED) is 0.313. The number of benzene rings is 2. The molecule has 0 aromatic heterocycles. The molecule has 0 radical (unpaired) electrons. The largest absolute Gasteiger partial charge is 0.378 e. The van der Waals surface area contributed by atoms with Crippen molar-refractivity contribution in [3.05, 3.63) is 54.1 Å². The number of hydroxylamine groups is 2. The van der Waals surface area contributed by atoms with Gasteiger partial charge in [0, 0.05) is 44.6 Å². The van der Waals surface area contributed by atoms with Crippen molar-refractivity contribution >= 4 is 40.7 Å². The first kappa shape index (κ1) is 28.7.